The Morgan fingerprint density at radius 2 is 1.73 bits per heavy atom. The van der Waals surface area contributed by atoms with Crippen LogP contribution >= 0.6 is 0 Å². The average molecular weight is 503 g/mol. The van der Waals surface area contributed by atoms with Gasteiger partial charge in [-0.15, -0.1) is 0 Å². The van der Waals surface area contributed by atoms with E-state index in [2.05, 4.69) is 37.4 Å². The highest BCUT2D eigenvalue weighted by Gasteiger charge is 2.27. The Kier molecular flexibility index (Phi) is 8.94. The molecule has 1 atom stereocenters. The second-order valence-electron chi connectivity index (χ2n) is 9.92. The minimum Gasteiger partial charge on any atom is -0.493 e. The Balaban J connectivity index is 1.62. The first-order chi connectivity index (χ1) is 18.0. The lowest BCUT2D eigenvalue weighted by Gasteiger charge is -2.33. The van der Waals surface area contributed by atoms with E-state index in [4.69, 9.17) is 14.2 Å². The van der Waals surface area contributed by atoms with Gasteiger partial charge in [0.05, 0.1) is 20.3 Å². The smallest absolute Gasteiger partial charge is 0.223 e. The molecule has 1 heterocycles. The summed E-state index contributed by atoms with van der Waals surface area (Å²) in [5.41, 5.74) is 4.29. The normalized spacial score (nSPS) is 15.5. The van der Waals surface area contributed by atoms with E-state index in [-0.39, 0.29) is 11.9 Å². The van der Waals surface area contributed by atoms with Gasteiger partial charge < -0.3 is 24.4 Å². The molecule has 0 fully saturated rings. The highest BCUT2D eigenvalue weighted by atomic mass is 16.5. The van der Waals surface area contributed by atoms with E-state index >= 15 is 0 Å². The van der Waals surface area contributed by atoms with Crippen LogP contribution in [-0.4, -0.2) is 37.7 Å². The number of hydrogen-bond acceptors (Lipinski definition) is 5. The van der Waals surface area contributed by atoms with Gasteiger partial charge >= 0.3 is 0 Å². The molecule has 0 aromatic heterocycles. The van der Waals surface area contributed by atoms with Crippen molar-refractivity contribution in [1.29, 1.82) is 0 Å². The van der Waals surface area contributed by atoms with Crippen molar-refractivity contribution in [3.63, 3.8) is 0 Å². The summed E-state index contributed by atoms with van der Waals surface area (Å²) in [6.07, 6.45) is 1.88. The van der Waals surface area contributed by atoms with Crippen LogP contribution in [0, 0.1) is 5.92 Å². The van der Waals surface area contributed by atoms with Crippen molar-refractivity contribution in [1.82, 2.24) is 4.90 Å². The zero-order valence-electron chi connectivity index (χ0n) is 22.3. The number of aryl methyl sites for hydroxylation is 1. The fourth-order valence-electron chi connectivity index (χ4n) is 4.86. The molecule has 1 amide bonds. The van der Waals surface area contributed by atoms with E-state index in [1.807, 2.05) is 53.4 Å². The Hall–Kier alpha value is -3.67. The first-order valence-electron chi connectivity index (χ1n) is 13.0. The number of nitrogens with one attached hydrogen (secondary N) is 1. The van der Waals surface area contributed by atoms with Crippen LogP contribution in [0.25, 0.3) is 0 Å². The summed E-state index contributed by atoms with van der Waals surface area (Å²) in [6.45, 7) is 6.04. The average Bonchev–Trinajstić information content (AvgIpc) is 2.94. The maximum atomic E-state index is 13.8. The molecule has 1 aliphatic heterocycles. The lowest BCUT2D eigenvalue weighted by Crippen LogP contribution is -2.44. The second-order valence-corrected chi connectivity index (χ2v) is 9.92. The summed E-state index contributed by atoms with van der Waals surface area (Å²) in [7, 11) is 3.25. The molecule has 6 heteroatoms. The third kappa shape index (κ3) is 6.76. The van der Waals surface area contributed by atoms with Crippen LogP contribution in [0.4, 0.5) is 5.69 Å². The van der Waals surface area contributed by atoms with Gasteiger partial charge in [-0.25, -0.2) is 0 Å². The van der Waals surface area contributed by atoms with Crippen molar-refractivity contribution >= 4 is 11.6 Å². The van der Waals surface area contributed by atoms with Gasteiger partial charge in [0.1, 0.15) is 12.4 Å². The van der Waals surface area contributed by atoms with E-state index < -0.39 is 0 Å². The molecule has 0 unspecified atom stereocenters. The van der Waals surface area contributed by atoms with E-state index in [0.717, 1.165) is 34.5 Å². The molecule has 0 spiro atoms. The fraction of sp³-hybridized carbons (Fsp3) is 0.387. The molecule has 0 saturated carbocycles. The van der Waals surface area contributed by atoms with Crippen LogP contribution in [0.15, 0.2) is 66.7 Å². The highest BCUT2D eigenvalue weighted by molar-refractivity contribution is 5.77. The minimum absolute atomic E-state index is 0.0443. The van der Waals surface area contributed by atoms with Crippen molar-refractivity contribution in [2.75, 3.05) is 26.1 Å². The van der Waals surface area contributed by atoms with Crippen LogP contribution in [0.3, 0.4) is 0 Å². The molecule has 196 valence electrons. The van der Waals surface area contributed by atoms with Gasteiger partial charge in [0.15, 0.2) is 11.5 Å². The molecule has 0 radical (unpaired) electrons. The zero-order valence-corrected chi connectivity index (χ0v) is 22.3. The molecule has 1 aliphatic rings. The Labute approximate surface area is 220 Å². The highest BCUT2D eigenvalue weighted by Crippen LogP contribution is 2.29. The van der Waals surface area contributed by atoms with Crippen molar-refractivity contribution in [2.24, 2.45) is 5.92 Å². The van der Waals surface area contributed by atoms with E-state index in [1.165, 1.54) is 0 Å². The molecule has 1 N–H and O–H groups in total. The minimum atomic E-state index is -0.0443. The summed E-state index contributed by atoms with van der Waals surface area (Å²) in [5.74, 6) is 2.76. The standard InChI is InChI=1S/C31H38N2O4/c1-22(2)17-26-21-37-28-12-8-6-9-24(28)19-32-27-11-7-5-10-25(27)20-33(26)31(34)16-14-23-13-15-29(35-3)30(18-23)36-4/h5-13,15,18,22,26,32H,14,16-17,19-21H2,1-4H3/t26-/m0/s1. The van der Waals surface area contributed by atoms with Gasteiger partial charge in [0.25, 0.3) is 0 Å². The Morgan fingerprint density at radius 3 is 2.49 bits per heavy atom. The van der Waals surface area contributed by atoms with Crippen LogP contribution in [0.1, 0.15) is 43.4 Å². The van der Waals surface area contributed by atoms with Gasteiger partial charge in [-0.3, -0.25) is 4.79 Å². The largest absolute Gasteiger partial charge is 0.493 e. The maximum Gasteiger partial charge on any atom is 0.223 e. The predicted octanol–water partition coefficient (Wildman–Crippen LogP) is 6.08. The van der Waals surface area contributed by atoms with Crippen LogP contribution < -0.4 is 19.5 Å². The number of methoxy groups -OCH3 is 2. The quantitative estimate of drug-likeness (QED) is 0.424. The van der Waals surface area contributed by atoms with Crippen molar-refractivity contribution in [3.8, 4) is 17.2 Å². The number of carbonyl (C=O) groups excluding carboxylic acids is 1. The topological polar surface area (TPSA) is 60.0 Å². The van der Waals surface area contributed by atoms with Crippen molar-refractivity contribution in [3.05, 3.63) is 83.4 Å². The molecule has 37 heavy (non-hydrogen) atoms. The van der Waals surface area contributed by atoms with Crippen LogP contribution in [-0.2, 0) is 24.3 Å². The molecular weight excluding hydrogens is 464 g/mol. The number of rotatable bonds is 7. The molecule has 6 nitrogen and oxygen atoms in total. The van der Waals surface area contributed by atoms with E-state index in [9.17, 15) is 4.79 Å². The number of nitrogens with zero attached hydrogens (tertiary/aromatic N) is 1. The third-order valence-electron chi connectivity index (χ3n) is 6.81. The van der Waals surface area contributed by atoms with Gasteiger partial charge in [-0.2, -0.15) is 0 Å². The summed E-state index contributed by atoms with van der Waals surface area (Å²) < 4.78 is 17.2. The summed E-state index contributed by atoms with van der Waals surface area (Å²) >= 11 is 0. The number of amides is 1. The van der Waals surface area contributed by atoms with Crippen molar-refractivity contribution in [2.45, 2.75) is 52.2 Å². The number of hydrogen-bond donors (Lipinski definition) is 1. The number of fused-ring (bicyclic) bond motifs is 2. The van der Waals surface area contributed by atoms with Crippen molar-refractivity contribution < 1.29 is 19.0 Å². The molecule has 4 rings (SSSR count). The zero-order chi connectivity index (χ0) is 26.2. The van der Waals surface area contributed by atoms with E-state index in [0.29, 0.717) is 50.0 Å². The molecule has 0 bridgehead atoms. The summed E-state index contributed by atoms with van der Waals surface area (Å²) in [5, 5.41) is 3.57. The van der Waals surface area contributed by atoms with Crippen LogP contribution in [0.2, 0.25) is 0 Å². The first-order valence-corrected chi connectivity index (χ1v) is 13.0. The Morgan fingerprint density at radius 1 is 1.00 bits per heavy atom. The van der Waals surface area contributed by atoms with Crippen LogP contribution in [0.5, 0.6) is 17.2 Å². The molecule has 3 aromatic carbocycles. The SMILES string of the molecule is COc1ccc(CCC(=O)N2Cc3ccccc3NCc3ccccc3OC[C@@H]2CC(C)C)cc1OC. The predicted molar refractivity (Wildman–Crippen MR) is 147 cm³/mol. The van der Waals surface area contributed by atoms with E-state index in [1.54, 1.807) is 14.2 Å². The molecular formula is C31H38N2O4. The molecule has 0 aliphatic carbocycles. The maximum absolute atomic E-state index is 13.8. The first kappa shape index (κ1) is 26.4. The second kappa shape index (κ2) is 12.5. The number of benzene rings is 3. The number of para-hydroxylation sites is 2. The number of ether oxygens (including phenoxy) is 3. The number of carbonyl (C=O) groups is 1. The summed E-state index contributed by atoms with van der Waals surface area (Å²) in [6, 6.07) is 22.2. The lowest BCUT2D eigenvalue weighted by molar-refractivity contribution is -0.135. The number of anilines is 1. The molecule has 3 aromatic rings. The van der Waals surface area contributed by atoms with Gasteiger partial charge in [-0.05, 0) is 54.2 Å². The lowest BCUT2D eigenvalue weighted by atomic mass is 10.0. The third-order valence-corrected chi connectivity index (χ3v) is 6.81. The molecule has 0 saturated heterocycles. The summed E-state index contributed by atoms with van der Waals surface area (Å²) in [4.78, 5) is 15.9. The monoisotopic (exact) mass is 502 g/mol. The fourth-order valence-corrected chi connectivity index (χ4v) is 4.86. The van der Waals surface area contributed by atoms with Gasteiger partial charge in [0, 0.05) is 30.8 Å². The Bertz CT molecular complexity index is 1190. The van der Waals surface area contributed by atoms with Gasteiger partial charge in [-0.1, -0.05) is 56.3 Å². The van der Waals surface area contributed by atoms with Gasteiger partial charge in [0.2, 0.25) is 5.91 Å².